The van der Waals surface area contributed by atoms with Crippen LogP contribution in [0.2, 0.25) is 0 Å². The van der Waals surface area contributed by atoms with Crippen molar-refractivity contribution in [1.29, 1.82) is 5.41 Å². The van der Waals surface area contributed by atoms with Gasteiger partial charge in [-0.05, 0) is 61.4 Å². The van der Waals surface area contributed by atoms with E-state index in [-0.39, 0.29) is 11.4 Å². The van der Waals surface area contributed by atoms with Crippen molar-refractivity contribution >= 4 is 39.8 Å². The van der Waals surface area contributed by atoms with Gasteiger partial charge in [-0.3, -0.25) is 10.2 Å². The number of nitrogens with one attached hydrogen (secondary N) is 1. The van der Waals surface area contributed by atoms with Crippen LogP contribution < -0.4 is 9.47 Å². The van der Waals surface area contributed by atoms with E-state index in [1.165, 1.54) is 16.8 Å². The molecule has 9 heteroatoms. The van der Waals surface area contributed by atoms with Gasteiger partial charge in [-0.1, -0.05) is 13.8 Å². The Hall–Kier alpha value is -3.33. The number of methoxy groups -OCH3 is 2. The van der Waals surface area contributed by atoms with E-state index < -0.39 is 5.91 Å². The third kappa shape index (κ3) is 4.20. The molecule has 1 aromatic carbocycles. The number of aliphatic imine (C=N–C) groups is 1. The molecule has 172 valence electrons. The molecule has 3 heterocycles. The van der Waals surface area contributed by atoms with Gasteiger partial charge in [0, 0.05) is 23.9 Å². The second-order valence-corrected chi connectivity index (χ2v) is 9.35. The van der Waals surface area contributed by atoms with Gasteiger partial charge in [0.25, 0.3) is 5.91 Å². The highest BCUT2D eigenvalue weighted by atomic mass is 32.2. The molecule has 0 spiro atoms. The molecule has 2 aliphatic rings. The molecule has 0 fully saturated rings. The van der Waals surface area contributed by atoms with Gasteiger partial charge in [0.1, 0.15) is 16.5 Å². The summed E-state index contributed by atoms with van der Waals surface area (Å²) in [4.78, 5) is 17.0. The Morgan fingerprint density at radius 2 is 1.94 bits per heavy atom. The molecule has 4 rings (SSSR count). The first-order chi connectivity index (χ1) is 15.7. The van der Waals surface area contributed by atoms with Crippen LogP contribution in [0.15, 0.2) is 39.9 Å². The van der Waals surface area contributed by atoms with Crippen LogP contribution in [0.3, 0.4) is 0 Å². The Labute approximate surface area is 197 Å². The Balaban J connectivity index is 1.72. The number of fused-ring (bicyclic) bond motifs is 1. The van der Waals surface area contributed by atoms with Gasteiger partial charge in [0.2, 0.25) is 5.17 Å². The van der Waals surface area contributed by atoms with Crippen LogP contribution in [0.5, 0.6) is 11.5 Å². The molecule has 8 nitrogen and oxygen atoms in total. The lowest BCUT2D eigenvalue weighted by molar-refractivity contribution is -0.114. The summed E-state index contributed by atoms with van der Waals surface area (Å²) >= 11 is 1.36. The van der Waals surface area contributed by atoms with E-state index >= 15 is 0 Å². The molecule has 0 atom stereocenters. The lowest BCUT2D eigenvalue weighted by Gasteiger charge is -2.20. The molecule has 1 N–H and O–H groups in total. The number of rotatable bonds is 6. The fourth-order valence-corrected chi connectivity index (χ4v) is 4.99. The van der Waals surface area contributed by atoms with Gasteiger partial charge >= 0.3 is 0 Å². The predicted octanol–water partition coefficient (Wildman–Crippen LogP) is 4.78. The standard InChI is InChI=1S/C24H27N5O3S/c1-13(2)9-21-27-29-22(25)18(23(30)26-24(29)33-21)11-16-10-14(3)28(15(16)4)19-8-7-17(31-5)12-20(19)32-6/h7-8,10-13,25H,9H2,1-6H3. The molecule has 1 aromatic heterocycles. The zero-order valence-electron chi connectivity index (χ0n) is 19.6. The number of thioether (sulfide) groups is 1. The Morgan fingerprint density at radius 1 is 1.18 bits per heavy atom. The maximum atomic E-state index is 12.8. The van der Waals surface area contributed by atoms with Gasteiger partial charge in [-0.25, -0.2) is 0 Å². The van der Waals surface area contributed by atoms with Gasteiger partial charge in [-0.15, -0.1) is 0 Å². The van der Waals surface area contributed by atoms with E-state index in [1.54, 1.807) is 20.3 Å². The summed E-state index contributed by atoms with van der Waals surface area (Å²) in [6.45, 7) is 8.18. The molecule has 2 aliphatic heterocycles. The second-order valence-electron chi connectivity index (χ2n) is 8.31. The monoisotopic (exact) mass is 465 g/mol. The third-order valence-electron chi connectivity index (χ3n) is 5.48. The minimum atomic E-state index is -0.424. The molecule has 0 radical (unpaired) electrons. The van der Waals surface area contributed by atoms with Crippen LogP contribution in [0, 0.1) is 25.2 Å². The number of carbonyl (C=O) groups is 1. The number of aryl methyl sites for hydroxylation is 1. The fraction of sp³-hybridized carbons (Fsp3) is 0.333. The van der Waals surface area contributed by atoms with Gasteiger partial charge < -0.3 is 14.0 Å². The SMILES string of the molecule is COc1ccc(-n2c(C)cc(C=C3C(=N)N4N=C(CC(C)C)SC4=NC3=O)c2C)c(OC)c1. The molecule has 0 aliphatic carbocycles. The first kappa shape index (κ1) is 22.8. The van der Waals surface area contributed by atoms with E-state index in [2.05, 4.69) is 28.5 Å². The number of aromatic nitrogens is 1. The van der Waals surface area contributed by atoms with Crippen LogP contribution in [-0.4, -0.2) is 45.7 Å². The smallest absolute Gasteiger partial charge is 0.283 e. The van der Waals surface area contributed by atoms with Crippen molar-refractivity contribution in [1.82, 2.24) is 9.58 Å². The number of ether oxygens (including phenoxy) is 2. The van der Waals surface area contributed by atoms with Gasteiger partial charge in [0.05, 0.1) is 25.5 Å². The predicted molar refractivity (Wildman–Crippen MR) is 133 cm³/mol. The lowest BCUT2D eigenvalue weighted by Crippen LogP contribution is -2.35. The quantitative estimate of drug-likeness (QED) is 0.620. The minimum absolute atomic E-state index is 0.0445. The van der Waals surface area contributed by atoms with Gasteiger partial charge in [-0.2, -0.15) is 15.1 Å². The van der Waals surface area contributed by atoms with Crippen LogP contribution in [-0.2, 0) is 4.79 Å². The first-order valence-corrected chi connectivity index (χ1v) is 11.5. The van der Waals surface area contributed by atoms with Crippen molar-refractivity contribution < 1.29 is 14.3 Å². The number of hydrogen-bond acceptors (Lipinski definition) is 6. The minimum Gasteiger partial charge on any atom is -0.497 e. The Morgan fingerprint density at radius 3 is 2.61 bits per heavy atom. The maximum Gasteiger partial charge on any atom is 0.283 e. The second kappa shape index (κ2) is 8.90. The highest BCUT2D eigenvalue weighted by Gasteiger charge is 2.35. The Kier molecular flexibility index (Phi) is 6.16. The van der Waals surface area contributed by atoms with Crippen molar-refractivity contribution in [2.75, 3.05) is 14.2 Å². The molecule has 2 aromatic rings. The largest absolute Gasteiger partial charge is 0.497 e. The van der Waals surface area contributed by atoms with E-state index in [4.69, 9.17) is 14.9 Å². The van der Waals surface area contributed by atoms with Crippen molar-refractivity contribution in [3.8, 4) is 17.2 Å². The van der Waals surface area contributed by atoms with Crippen molar-refractivity contribution in [2.24, 2.45) is 16.0 Å². The topological polar surface area (TPSA) is 92.3 Å². The van der Waals surface area contributed by atoms with Gasteiger partial charge in [0.15, 0.2) is 5.84 Å². The maximum absolute atomic E-state index is 12.8. The zero-order chi connectivity index (χ0) is 23.9. The summed E-state index contributed by atoms with van der Waals surface area (Å²) < 4.78 is 13.0. The molecular weight excluding hydrogens is 438 g/mol. The molecular formula is C24H27N5O3S. The number of carbonyl (C=O) groups excluding carboxylic acids is 1. The normalized spacial score (nSPS) is 16.9. The van der Waals surface area contributed by atoms with Crippen molar-refractivity contribution in [3.05, 3.63) is 46.8 Å². The number of amides is 1. The summed E-state index contributed by atoms with van der Waals surface area (Å²) in [5, 5.41) is 15.9. The van der Waals surface area contributed by atoms with Crippen LogP contribution >= 0.6 is 11.8 Å². The van der Waals surface area contributed by atoms with Crippen LogP contribution in [0.4, 0.5) is 0 Å². The van der Waals surface area contributed by atoms with Crippen LogP contribution in [0.25, 0.3) is 11.8 Å². The van der Waals surface area contributed by atoms with E-state index in [0.29, 0.717) is 22.6 Å². The summed E-state index contributed by atoms with van der Waals surface area (Å²) in [6, 6.07) is 7.63. The fourth-order valence-electron chi connectivity index (χ4n) is 3.89. The molecule has 0 saturated carbocycles. The highest BCUT2D eigenvalue weighted by molar-refractivity contribution is 8.26. The lowest BCUT2D eigenvalue weighted by atomic mass is 10.1. The van der Waals surface area contributed by atoms with Crippen LogP contribution in [0.1, 0.15) is 37.2 Å². The Bertz CT molecular complexity index is 1240. The summed E-state index contributed by atoms with van der Waals surface area (Å²) in [6.07, 6.45) is 2.51. The number of nitrogens with zero attached hydrogens (tertiary/aromatic N) is 4. The summed E-state index contributed by atoms with van der Waals surface area (Å²) in [5.41, 5.74) is 3.79. The van der Waals surface area contributed by atoms with E-state index in [1.807, 2.05) is 38.1 Å². The molecule has 0 bridgehead atoms. The average Bonchev–Trinajstić information content (AvgIpc) is 3.29. The molecule has 1 amide bonds. The van der Waals surface area contributed by atoms with Crippen molar-refractivity contribution in [2.45, 2.75) is 34.1 Å². The highest BCUT2D eigenvalue weighted by Crippen LogP contribution is 2.34. The summed E-state index contributed by atoms with van der Waals surface area (Å²) in [7, 11) is 3.23. The van der Waals surface area contributed by atoms with E-state index in [0.717, 1.165) is 34.1 Å². The average molecular weight is 466 g/mol. The molecule has 0 unspecified atom stereocenters. The number of amidine groups is 2. The first-order valence-electron chi connectivity index (χ1n) is 10.6. The molecule has 33 heavy (non-hydrogen) atoms. The number of hydrazone groups is 1. The summed E-state index contributed by atoms with van der Waals surface area (Å²) in [5.74, 6) is 1.43. The van der Waals surface area contributed by atoms with E-state index in [9.17, 15) is 4.79 Å². The molecule has 0 saturated heterocycles. The zero-order valence-corrected chi connectivity index (χ0v) is 20.4. The van der Waals surface area contributed by atoms with Crippen molar-refractivity contribution in [3.63, 3.8) is 0 Å². The number of hydrogen-bond donors (Lipinski definition) is 1. The number of benzene rings is 1. The third-order valence-corrected chi connectivity index (χ3v) is 6.41.